The van der Waals surface area contributed by atoms with Gasteiger partial charge in [-0.15, -0.1) is 10.2 Å². The van der Waals surface area contributed by atoms with Crippen molar-refractivity contribution in [3.63, 3.8) is 0 Å². The molecule has 1 atom stereocenters. The molecule has 0 radical (unpaired) electrons. The molecule has 2 heterocycles. The number of hydrogen-bond donors (Lipinski definition) is 1. The fourth-order valence-electron chi connectivity index (χ4n) is 2.25. The number of carbonyl (C=O) groups is 1. The SMILES string of the molecule is Cc1cc(-n2c(SCC(=O)O)nnc2[C@@H](C)OC(C)C)n(C)n1. The van der Waals surface area contributed by atoms with Gasteiger partial charge in [-0.2, -0.15) is 5.10 Å². The smallest absolute Gasteiger partial charge is 0.313 e. The van der Waals surface area contributed by atoms with E-state index >= 15 is 0 Å². The molecular formula is C14H21N5O3S. The molecule has 9 heteroatoms. The van der Waals surface area contributed by atoms with Gasteiger partial charge in [0.05, 0.1) is 17.6 Å². The summed E-state index contributed by atoms with van der Waals surface area (Å²) in [5, 5.41) is 22.1. The molecular weight excluding hydrogens is 318 g/mol. The molecule has 0 spiro atoms. The molecule has 0 bridgehead atoms. The molecule has 0 unspecified atom stereocenters. The Balaban J connectivity index is 2.46. The first kappa shape index (κ1) is 17.5. The number of carboxylic acids is 1. The largest absolute Gasteiger partial charge is 0.481 e. The number of thioether (sulfide) groups is 1. The van der Waals surface area contributed by atoms with E-state index in [4.69, 9.17) is 9.84 Å². The fourth-order valence-corrected chi connectivity index (χ4v) is 2.92. The zero-order valence-electron chi connectivity index (χ0n) is 13.8. The first-order valence-corrected chi connectivity index (χ1v) is 8.24. The number of ether oxygens (including phenoxy) is 1. The first-order valence-electron chi connectivity index (χ1n) is 7.26. The van der Waals surface area contributed by atoms with Crippen LogP contribution in [-0.2, 0) is 16.6 Å². The highest BCUT2D eigenvalue weighted by Crippen LogP contribution is 2.27. The summed E-state index contributed by atoms with van der Waals surface area (Å²) in [7, 11) is 1.83. The second kappa shape index (κ2) is 7.14. The third-order valence-corrected chi connectivity index (χ3v) is 3.94. The molecule has 0 aliphatic rings. The van der Waals surface area contributed by atoms with E-state index in [9.17, 15) is 4.79 Å². The minimum Gasteiger partial charge on any atom is -0.481 e. The van der Waals surface area contributed by atoms with Crippen molar-refractivity contribution in [1.82, 2.24) is 24.5 Å². The lowest BCUT2D eigenvalue weighted by atomic mass is 10.3. The van der Waals surface area contributed by atoms with E-state index in [1.54, 1.807) is 9.25 Å². The van der Waals surface area contributed by atoms with Gasteiger partial charge in [0, 0.05) is 13.1 Å². The predicted octanol–water partition coefficient (Wildman–Crippen LogP) is 1.97. The molecule has 1 N–H and O–H groups in total. The number of nitrogens with zero attached hydrogens (tertiary/aromatic N) is 5. The van der Waals surface area contributed by atoms with E-state index in [1.807, 2.05) is 40.8 Å². The number of aromatic nitrogens is 5. The van der Waals surface area contributed by atoms with Gasteiger partial charge in [0.25, 0.3) is 0 Å². The fraction of sp³-hybridized carbons (Fsp3) is 0.571. The maximum atomic E-state index is 10.9. The number of hydrogen-bond acceptors (Lipinski definition) is 6. The van der Waals surface area contributed by atoms with E-state index in [0.717, 1.165) is 23.3 Å². The maximum Gasteiger partial charge on any atom is 0.313 e. The van der Waals surface area contributed by atoms with Gasteiger partial charge in [-0.05, 0) is 27.7 Å². The maximum absolute atomic E-state index is 10.9. The Bertz CT molecular complexity index is 695. The van der Waals surface area contributed by atoms with Gasteiger partial charge in [-0.25, -0.2) is 0 Å². The molecule has 2 aromatic heterocycles. The summed E-state index contributed by atoms with van der Waals surface area (Å²) in [6, 6.07) is 1.90. The summed E-state index contributed by atoms with van der Waals surface area (Å²) < 4.78 is 9.33. The number of aliphatic carboxylic acids is 1. The molecule has 0 saturated carbocycles. The second-order valence-corrected chi connectivity index (χ2v) is 6.40. The molecule has 0 aliphatic carbocycles. The molecule has 0 amide bonds. The van der Waals surface area contributed by atoms with Crippen molar-refractivity contribution in [2.45, 2.75) is 45.1 Å². The van der Waals surface area contributed by atoms with Gasteiger partial charge >= 0.3 is 5.97 Å². The van der Waals surface area contributed by atoms with Crippen LogP contribution in [0.25, 0.3) is 5.82 Å². The molecule has 126 valence electrons. The topological polar surface area (TPSA) is 95.1 Å². The van der Waals surface area contributed by atoms with Crippen LogP contribution in [-0.4, -0.2) is 47.5 Å². The summed E-state index contributed by atoms with van der Waals surface area (Å²) in [6.07, 6.45) is -0.240. The van der Waals surface area contributed by atoms with Crippen molar-refractivity contribution in [2.24, 2.45) is 7.05 Å². The van der Waals surface area contributed by atoms with Crippen LogP contribution in [0.1, 0.15) is 38.4 Å². The summed E-state index contributed by atoms with van der Waals surface area (Å²) >= 11 is 1.12. The monoisotopic (exact) mass is 339 g/mol. The number of rotatable bonds is 7. The van der Waals surface area contributed by atoms with Crippen LogP contribution in [0.5, 0.6) is 0 Å². The van der Waals surface area contributed by atoms with Crippen LogP contribution in [0.15, 0.2) is 11.2 Å². The van der Waals surface area contributed by atoms with Gasteiger partial charge in [-0.1, -0.05) is 11.8 Å². The second-order valence-electron chi connectivity index (χ2n) is 5.45. The van der Waals surface area contributed by atoms with Gasteiger partial charge in [0.15, 0.2) is 11.0 Å². The standard InChI is InChI=1S/C14H21N5O3S/c1-8(2)22-10(4)13-15-16-14(23-7-12(20)21)19(13)11-6-9(3)17-18(11)5/h6,8,10H,7H2,1-5H3,(H,20,21)/t10-/m1/s1. The highest BCUT2D eigenvalue weighted by atomic mass is 32.2. The zero-order chi connectivity index (χ0) is 17.1. The van der Waals surface area contributed by atoms with Crippen molar-refractivity contribution >= 4 is 17.7 Å². The third kappa shape index (κ3) is 4.11. The minimum absolute atomic E-state index is 0.0403. The molecule has 0 aliphatic heterocycles. The van der Waals surface area contributed by atoms with E-state index in [-0.39, 0.29) is 18.0 Å². The summed E-state index contributed by atoms with van der Waals surface area (Å²) in [5.74, 6) is 0.400. The van der Waals surface area contributed by atoms with Crippen LogP contribution in [0.3, 0.4) is 0 Å². The molecule has 23 heavy (non-hydrogen) atoms. The Hall–Kier alpha value is -1.87. The van der Waals surface area contributed by atoms with Gasteiger partial charge in [0.2, 0.25) is 0 Å². The lowest BCUT2D eigenvalue weighted by Gasteiger charge is -2.17. The van der Waals surface area contributed by atoms with E-state index < -0.39 is 5.97 Å². The van der Waals surface area contributed by atoms with Crippen LogP contribution in [0.2, 0.25) is 0 Å². The normalized spacial score (nSPS) is 12.8. The molecule has 0 saturated heterocycles. The van der Waals surface area contributed by atoms with Crippen molar-refractivity contribution in [3.05, 3.63) is 17.6 Å². The Labute approximate surface area is 138 Å². The molecule has 8 nitrogen and oxygen atoms in total. The summed E-state index contributed by atoms with van der Waals surface area (Å²) in [5.41, 5.74) is 0.855. The Kier molecular flexibility index (Phi) is 5.42. The number of carboxylic acid groups (broad SMARTS) is 1. The van der Waals surface area contributed by atoms with Crippen molar-refractivity contribution in [1.29, 1.82) is 0 Å². The van der Waals surface area contributed by atoms with Crippen LogP contribution >= 0.6 is 11.8 Å². The molecule has 2 rings (SSSR count). The average Bonchev–Trinajstić information content (AvgIpc) is 2.98. The summed E-state index contributed by atoms with van der Waals surface area (Å²) in [6.45, 7) is 7.69. The van der Waals surface area contributed by atoms with Crippen molar-refractivity contribution < 1.29 is 14.6 Å². The van der Waals surface area contributed by atoms with Crippen LogP contribution in [0, 0.1) is 6.92 Å². The van der Waals surface area contributed by atoms with E-state index in [0.29, 0.717) is 11.0 Å². The lowest BCUT2D eigenvalue weighted by molar-refractivity contribution is -0.133. The van der Waals surface area contributed by atoms with Gasteiger partial charge < -0.3 is 9.84 Å². The van der Waals surface area contributed by atoms with Crippen molar-refractivity contribution in [2.75, 3.05) is 5.75 Å². The van der Waals surface area contributed by atoms with E-state index in [1.165, 1.54) is 0 Å². The lowest BCUT2D eigenvalue weighted by Crippen LogP contribution is -2.15. The highest BCUT2D eigenvalue weighted by molar-refractivity contribution is 7.99. The zero-order valence-corrected chi connectivity index (χ0v) is 14.7. The average molecular weight is 339 g/mol. The molecule has 0 aromatic carbocycles. The van der Waals surface area contributed by atoms with Crippen LogP contribution < -0.4 is 0 Å². The Morgan fingerprint density at radius 2 is 2.09 bits per heavy atom. The minimum atomic E-state index is -0.904. The number of aryl methyl sites for hydroxylation is 2. The predicted molar refractivity (Wildman–Crippen MR) is 85.9 cm³/mol. The Morgan fingerprint density at radius 1 is 1.39 bits per heavy atom. The highest BCUT2D eigenvalue weighted by Gasteiger charge is 2.23. The van der Waals surface area contributed by atoms with Crippen LogP contribution in [0.4, 0.5) is 0 Å². The molecule has 2 aromatic rings. The van der Waals surface area contributed by atoms with E-state index in [2.05, 4.69) is 15.3 Å². The Morgan fingerprint density at radius 3 is 2.61 bits per heavy atom. The quantitative estimate of drug-likeness (QED) is 0.771. The third-order valence-electron chi connectivity index (χ3n) is 3.03. The van der Waals surface area contributed by atoms with Gasteiger partial charge in [0.1, 0.15) is 11.9 Å². The first-order chi connectivity index (χ1) is 10.8. The van der Waals surface area contributed by atoms with Gasteiger partial charge in [-0.3, -0.25) is 14.0 Å². The summed E-state index contributed by atoms with van der Waals surface area (Å²) in [4.78, 5) is 10.9. The molecule has 0 fully saturated rings. The van der Waals surface area contributed by atoms with Crippen molar-refractivity contribution in [3.8, 4) is 5.82 Å².